The molecule has 1 fully saturated rings. The van der Waals surface area contributed by atoms with Gasteiger partial charge in [-0.1, -0.05) is 51.0 Å². The minimum atomic E-state index is 0.459. The predicted octanol–water partition coefficient (Wildman–Crippen LogP) is 5.94. The highest BCUT2D eigenvalue weighted by Crippen LogP contribution is 2.33. The molecule has 4 heteroatoms. The molecule has 0 unspecified atom stereocenters. The number of rotatable bonds is 6. The molecule has 0 bridgehead atoms. The Morgan fingerprint density at radius 3 is 2.42 bits per heavy atom. The molecule has 31 heavy (non-hydrogen) atoms. The molecule has 1 aliphatic carbocycles. The van der Waals surface area contributed by atoms with E-state index in [0.29, 0.717) is 18.0 Å². The number of aromatic nitrogens is 2. The van der Waals surface area contributed by atoms with Crippen molar-refractivity contribution in [2.45, 2.75) is 71.0 Å². The van der Waals surface area contributed by atoms with Gasteiger partial charge in [-0.3, -0.25) is 14.9 Å². The van der Waals surface area contributed by atoms with Gasteiger partial charge in [-0.2, -0.15) is 0 Å². The lowest BCUT2D eigenvalue weighted by Crippen LogP contribution is -2.51. The van der Waals surface area contributed by atoms with Gasteiger partial charge in [-0.05, 0) is 57.0 Å². The van der Waals surface area contributed by atoms with Crippen LogP contribution in [0.3, 0.4) is 0 Å². The van der Waals surface area contributed by atoms with E-state index in [2.05, 4.69) is 93.2 Å². The van der Waals surface area contributed by atoms with Gasteiger partial charge in [0.25, 0.3) is 0 Å². The van der Waals surface area contributed by atoms with Crippen molar-refractivity contribution in [1.29, 1.82) is 0 Å². The van der Waals surface area contributed by atoms with E-state index in [1.54, 1.807) is 0 Å². The topological polar surface area (TPSA) is 32.3 Å². The fourth-order valence-corrected chi connectivity index (χ4v) is 5.03. The van der Waals surface area contributed by atoms with Crippen LogP contribution in [0.5, 0.6) is 0 Å². The zero-order valence-corrected chi connectivity index (χ0v) is 19.7. The number of hydrogen-bond acceptors (Lipinski definition) is 4. The van der Waals surface area contributed by atoms with Gasteiger partial charge in [-0.25, -0.2) is 0 Å². The maximum atomic E-state index is 4.92. The van der Waals surface area contributed by atoms with Crippen LogP contribution >= 0.6 is 0 Å². The number of hydrogen-bond donors (Lipinski definition) is 0. The molecule has 1 saturated carbocycles. The molecule has 1 aromatic carbocycles. The molecule has 1 aliphatic rings. The monoisotopic (exact) mass is 416 g/mol. The summed E-state index contributed by atoms with van der Waals surface area (Å²) in [6.45, 7) is 7.39. The van der Waals surface area contributed by atoms with Crippen molar-refractivity contribution in [3.63, 3.8) is 0 Å². The third-order valence-electron chi connectivity index (χ3n) is 6.81. The zero-order valence-electron chi connectivity index (χ0n) is 19.7. The molecule has 2 atom stereocenters. The van der Waals surface area contributed by atoms with Crippen LogP contribution in [0, 0.1) is 6.92 Å². The number of nitrogens with zero attached hydrogens (tertiary/aromatic N) is 4. The van der Waals surface area contributed by atoms with E-state index in [0.717, 1.165) is 17.8 Å². The second-order valence-corrected chi connectivity index (χ2v) is 9.46. The molecule has 3 aromatic rings. The first-order chi connectivity index (χ1) is 14.9. The van der Waals surface area contributed by atoms with Crippen LogP contribution in [-0.2, 0) is 6.54 Å². The maximum absolute atomic E-state index is 4.92. The molecule has 0 amide bonds. The molecular weight excluding hydrogens is 380 g/mol. The lowest BCUT2D eigenvalue weighted by Gasteiger charge is -2.43. The van der Waals surface area contributed by atoms with E-state index in [1.807, 2.05) is 0 Å². The van der Waals surface area contributed by atoms with Gasteiger partial charge in [0.2, 0.25) is 0 Å². The van der Waals surface area contributed by atoms with Crippen LogP contribution in [0.1, 0.15) is 62.5 Å². The summed E-state index contributed by atoms with van der Waals surface area (Å²) in [7, 11) is 4.53. The lowest BCUT2D eigenvalue weighted by atomic mass is 9.88. The largest absolute Gasteiger partial charge is 0.368 e. The maximum Gasteiger partial charge on any atom is 0.0938 e. The van der Waals surface area contributed by atoms with Crippen molar-refractivity contribution in [2.75, 3.05) is 19.0 Å². The number of aryl methyl sites for hydroxylation is 1. The minimum Gasteiger partial charge on any atom is -0.368 e. The Morgan fingerprint density at radius 1 is 0.903 bits per heavy atom. The average molecular weight is 417 g/mol. The Balaban J connectivity index is 1.59. The first-order valence-electron chi connectivity index (χ1n) is 11.7. The van der Waals surface area contributed by atoms with Crippen molar-refractivity contribution in [2.24, 2.45) is 0 Å². The predicted molar refractivity (Wildman–Crippen MR) is 131 cm³/mol. The van der Waals surface area contributed by atoms with Crippen molar-refractivity contribution in [1.82, 2.24) is 14.9 Å². The summed E-state index contributed by atoms with van der Waals surface area (Å²) in [6, 6.07) is 18.3. The number of likely N-dealkylation sites (N-methyl/N-ethyl adjacent to an activating group) is 2. The van der Waals surface area contributed by atoms with Gasteiger partial charge >= 0.3 is 0 Å². The molecule has 0 aliphatic heterocycles. The third-order valence-corrected chi connectivity index (χ3v) is 6.81. The molecule has 4 rings (SSSR count). The summed E-state index contributed by atoms with van der Waals surface area (Å²) >= 11 is 0. The molecule has 2 aromatic heterocycles. The van der Waals surface area contributed by atoms with Gasteiger partial charge in [0, 0.05) is 42.5 Å². The highest BCUT2D eigenvalue weighted by molar-refractivity contribution is 5.91. The van der Waals surface area contributed by atoms with Crippen molar-refractivity contribution < 1.29 is 0 Å². The second-order valence-electron chi connectivity index (χ2n) is 9.46. The summed E-state index contributed by atoms with van der Waals surface area (Å²) < 4.78 is 0. The standard InChI is InChI=1S/C27H36N4/c1-19(2)23-12-9-11-22(29-23)18-30(4)24-13-6-7-14-25(24)31(5)26-15-8-10-21-17-16-20(3)28-27(21)26/h8-12,15-17,19,24-25H,6-7,13-14,18H2,1-5H3/t24-,25-/m0/s1. The van der Waals surface area contributed by atoms with Gasteiger partial charge in [0.05, 0.1) is 16.9 Å². The SMILES string of the molecule is Cc1ccc2cccc(N(C)[C@H]3CCCC[C@@H]3N(C)Cc3cccc(C(C)C)n3)c2n1. The van der Waals surface area contributed by atoms with E-state index in [-0.39, 0.29) is 0 Å². The molecule has 2 heterocycles. The van der Waals surface area contributed by atoms with E-state index >= 15 is 0 Å². The molecular formula is C27H36N4. The Morgan fingerprint density at radius 2 is 1.65 bits per heavy atom. The molecule has 0 radical (unpaired) electrons. The lowest BCUT2D eigenvalue weighted by molar-refractivity contribution is 0.158. The summed E-state index contributed by atoms with van der Waals surface area (Å²) in [6.07, 6.45) is 5.03. The third kappa shape index (κ3) is 4.74. The number of para-hydroxylation sites is 1. The molecule has 0 N–H and O–H groups in total. The normalized spacial score (nSPS) is 19.3. The number of fused-ring (bicyclic) bond motifs is 1. The fraction of sp³-hybridized carbons (Fsp3) is 0.481. The summed E-state index contributed by atoms with van der Waals surface area (Å²) in [4.78, 5) is 14.8. The first-order valence-corrected chi connectivity index (χ1v) is 11.7. The van der Waals surface area contributed by atoms with E-state index in [4.69, 9.17) is 9.97 Å². The summed E-state index contributed by atoms with van der Waals surface area (Å²) in [5, 5.41) is 1.21. The van der Waals surface area contributed by atoms with Crippen LogP contribution in [-0.4, -0.2) is 41.0 Å². The highest BCUT2D eigenvalue weighted by Gasteiger charge is 2.32. The number of benzene rings is 1. The molecule has 4 nitrogen and oxygen atoms in total. The Labute approximate surface area is 187 Å². The van der Waals surface area contributed by atoms with Crippen LogP contribution in [0.15, 0.2) is 48.5 Å². The average Bonchev–Trinajstić information content (AvgIpc) is 2.78. The van der Waals surface area contributed by atoms with E-state index < -0.39 is 0 Å². The van der Waals surface area contributed by atoms with Crippen LogP contribution < -0.4 is 4.90 Å². The molecule has 164 valence electrons. The van der Waals surface area contributed by atoms with Crippen LogP contribution in [0.2, 0.25) is 0 Å². The highest BCUT2D eigenvalue weighted by atomic mass is 15.2. The van der Waals surface area contributed by atoms with E-state index in [1.165, 1.54) is 48.1 Å². The van der Waals surface area contributed by atoms with Crippen LogP contribution in [0.25, 0.3) is 10.9 Å². The fourth-order valence-electron chi connectivity index (χ4n) is 5.03. The van der Waals surface area contributed by atoms with Crippen molar-refractivity contribution in [3.05, 3.63) is 65.6 Å². The van der Waals surface area contributed by atoms with Crippen molar-refractivity contribution in [3.8, 4) is 0 Å². The molecule has 0 spiro atoms. The van der Waals surface area contributed by atoms with Gasteiger partial charge in [0.1, 0.15) is 0 Å². The Bertz CT molecular complexity index is 1030. The minimum absolute atomic E-state index is 0.459. The summed E-state index contributed by atoms with van der Waals surface area (Å²) in [5.74, 6) is 0.459. The Hall–Kier alpha value is -2.46. The number of anilines is 1. The van der Waals surface area contributed by atoms with Gasteiger partial charge in [-0.15, -0.1) is 0 Å². The van der Waals surface area contributed by atoms with Gasteiger partial charge in [0.15, 0.2) is 0 Å². The number of pyridine rings is 2. The molecule has 0 saturated heterocycles. The zero-order chi connectivity index (χ0) is 22.0. The van der Waals surface area contributed by atoms with E-state index in [9.17, 15) is 0 Å². The van der Waals surface area contributed by atoms with Crippen molar-refractivity contribution >= 4 is 16.6 Å². The van der Waals surface area contributed by atoms with Gasteiger partial charge < -0.3 is 4.90 Å². The Kier molecular flexibility index (Phi) is 6.57. The first kappa shape index (κ1) is 21.8. The quantitative estimate of drug-likeness (QED) is 0.498. The van der Waals surface area contributed by atoms with Crippen LogP contribution in [0.4, 0.5) is 5.69 Å². The second kappa shape index (κ2) is 9.35. The smallest absolute Gasteiger partial charge is 0.0938 e. The summed E-state index contributed by atoms with van der Waals surface area (Å²) in [5.41, 5.74) is 5.78.